The summed E-state index contributed by atoms with van der Waals surface area (Å²) in [4.78, 5) is 22.1. The predicted molar refractivity (Wildman–Crippen MR) is 131 cm³/mol. The van der Waals surface area contributed by atoms with E-state index >= 15 is 0 Å². The number of aromatic amines is 1. The molecule has 1 aliphatic heterocycles. The van der Waals surface area contributed by atoms with E-state index < -0.39 is 5.60 Å². The van der Waals surface area contributed by atoms with Gasteiger partial charge in [-0.15, -0.1) is 5.10 Å². The molecule has 4 heterocycles. The number of nitrogens with one attached hydrogen (secondary N) is 2. The first-order chi connectivity index (χ1) is 16.4. The summed E-state index contributed by atoms with van der Waals surface area (Å²) in [5.41, 5.74) is 2.69. The van der Waals surface area contributed by atoms with E-state index in [-0.39, 0.29) is 6.09 Å². The number of hydrogen-bond donors (Lipinski definition) is 2. The summed E-state index contributed by atoms with van der Waals surface area (Å²) in [6, 6.07) is 2.07. The van der Waals surface area contributed by atoms with E-state index in [2.05, 4.69) is 36.6 Å². The van der Waals surface area contributed by atoms with Crippen LogP contribution in [0.5, 0.6) is 0 Å². The maximum atomic E-state index is 11.9. The number of alkyl carbamates (subject to hydrolysis) is 1. The van der Waals surface area contributed by atoms with Gasteiger partial charge in [-0.1, -0.05) is 5.21 Å². The molecule has 9 nitrogen and oxygen atoms in total. The largest absolute Gasteiger partial charge is 0.444 e. The Labute approximate surface area is 200 Å². The van der Waals surface area contributed by atoms with E-state index in [4.69, 9.17) is 4.74 Å². The number of rotatable bonds is 5. The van der Waals surface area contributed by atoms with Gasteiger partial charge in [-0.3, -0.25) is 0 Å². The maximum absolute atomic E-state index is 11.9. The summed E-state index contributed by atoms with van der Waals surface area (Å²) < 4.78 is 7.17. The van der Waals surface area contributed by atoms with Crippen LogP contribution < -0.4 is 5.32 Å². The second-order valence-electron chi connectivity index (χ2n) is 11.1. The molecule has 3 aromatic rings. The normalized spacial score (nSPS) is 22.9. The van der Waals surface area contributed by atoms with E-state index in [1.165, 1.54) is 32.2 Å². The van der Waals surface area contributed by atoms with Gasteiger partial charge in [0.25, 0.3) is 0 Å². The Hall–Kier alpha value is -2.68. The second kappa shape index (κ2) is 9.52. The number of carbonyl (C=O) groups is 1. The fourth-order valence-corrected chi connectivity index (χ4v) is 5.59. The van der Waals surface area contributed by atoms with E-state index in [0.29, 0.717) is 18.4 Å². The minimum Gasteiger partial charge on any atom is -0.444 e. The standard InChI is InChI=1S/C25H37N7O2/c1-25(2,3)34-24(33)27-14-17-9-12-31(13-10-17)15-18-4-6-19(7-5-18)21-22-20-8-11-26-23(20)28-16-32(22)30-29-21/h8,11,16-19,26H,4-7,9-10,12-15H2,1-3H3,(H,27,33). The molecule has 0 atom stereocenters. The van der Waals surface area contributed by atoms with Crippen molar-refractivity contribution in [1.29, 1.82) is 0 Å². The summed E-state index contributed by atoms with van der Waals surface area (Å²) >= 11 is 0. The van der Waals surface area contributed by atoms with Crippen molar-refractivity contribution in [3.8, 4) is 0 Å². The molecule has 0 unspecified atom stereocenters. The summed E-state index contributed by atoms with van der Waals surface area (Å²) in [6.45, 7) is 9.82. The van der Waals surface area contributed by atoms with E-state index in [1.54, 1.807) is 6.33 Å². The lowest BCUT2D eigenvalue weighted by molar-refractivity contribution is 0.0507. The monoisotopic (exact) mass is 467 g/mol. The van der Waals surface area contributed by atoms with Crippen molar-refractivity contribution < 1.29 is 9.53 Å². The Balaban J connectivity index is 1.08. The quantitative estimate of drug-likeness (QED) is 0.586. The zero-order chi connectivity index (χ0) is 23.7. The minimum atomic E-state index is -0.445. The number of likely N-dealkylation sites (tertiary alicyclic amines) is 1. The van der Waals surface area contributed by atoms with E-state index in [1.807, 2.05) is 31.5 Å². The molecule has 1 aliphatic carbocycles. The highest BCUT2D eigenvalue weighted by Crippen LogP contribution is 2.38. The van der Waals surface area contributed by atoms with Crippen LogP contribution >= 0.6 is 0 Å². The van der Waals surface area contributed by atoms with Gasteiger partial charge in [0.15, 0.2) is 0 Å². The maximum Gasteiger partial charge on any atom is 0.407 e. The van der Waals surface area contributed by atoms with Crippen molar-refractivity contribution in [1.82, 2.24) is 35.0 Å². The fourth-order valence-electron chi connectivity index (χ4n) is 5.59. The van der Waals surface area contributed by atoms with Crippen LogP contribution in [0.4, 0.5) is 4.79 Å². The first-order valence-corrected chi connectivity index (χ1v) is 12.7. The molecule has 9 heteroatoms. The molecular formula is C25H37N7O2. The van der Waals surface area contributed by atoms with Crippen molar-refractivity contribution in [3.05, 3.63) is 24.3 Å². The lowest BCUT2D eigenvalue weighted by Gasteiger charge is -2.36. The lowest BCUT2D eigenvalue weighted by atomic mass is 9.79. The van der Waals surface area contributed by atoms with Gasteiger partial charge in [0.2, 0.25) is 0 Å². The van der Waals surface area contributed by atoms with Crippen molar-refractivity contribution in [2.24, 2.45) is 11.8 Å². The highest BCUT2D eigenvalue weighted by atomic mass is 16.6. The smallest absolute Gasteiger partial charge is 0.407 e. The molecule has 184 valence electrons. The third-order valence-corrected chi connectivity index (χ3v) is 7.39. The topological polar surface area (TPSA) is 100 Å². The fraction of sp³-hybridized carbons (Fsp3) is 0.680. The van der Waals surface area contributed by atoms with Gasteiger partial charge in [0, 0.05) is 30.6 Å². The van der Waals surface area contributed by atoms with Gasteiger partial charge < -0.3 is 19.9 Å². The number of fused-ring (bicyclic) bond motifs is 3. The van der Waals surface area contributed by atoms with Gasteiger partial charge >= 0.3 is 6.09 Å². The number of piperidine rings is 1. The van der Waals surface area contributed by atoms with Gasteiger partial charge in [0.05, 0.1) is 5.69 Å². The summed E-state index contributed by atoms with van der Waals surface area (Å²) in [6.07, 6.45) is 10.5. The van der Waals surface area contributed by atoms with Gasteiger partial charge in [0.1, 0.15) is 23.1 Å². The molecule has 1 saturated carbocycles. The SMILES string of the molecule is CC(C)(C)OC(=O)NCC1CCN(CC2CCC(c3nnn4cnc5[nH]ccc5c34)CC2)CC1. The predicted octanol–water partition coefficient (Wildman–Crippen LogP) is 4.12. The number of nitrogens with zero attached hydrogens (tertiary/aromatic N) is 5. The molecule has 5 rings (SSSR count). The lowest BCUT2D eigenvalue weighted by Crippen LogP contribution is -2.41. The molecule has 1 amide bonds. The molecule has 2 aliphatic rings. The molecule has 0 aromatic carbocycles. The Bertz CT molecular complexity index is 1120. The van der Waals surface area contributed by atoms with E-state index in [0.717, 1.165) is 54.1 Å². The molecule has 2 fully saturated rings. The average Bonchev–Trinajstić information content (AvgIpc) is 3.45. The number of hydrogen-bond acceptors (Lipinski definition) is 6. The molecule has 1 saturated heterocycles. The van der Waals surface area contributed by atoms with Gasteiger partial charge in [-0.25, -0.2) is 14.3 Å². The zero-order valence-corrected chi connectivity index (χ0v) is 20.6. The van der Waals surface area contributed by atoms with Gasteiger partial charge in [-0.05, 0) is 90.3 Å². The van der Waals surface area contributed by atoms with Crippen LogP contribution in [0.3, 0.4) is 0 Å². The number of aromatic nitrogens is 5. The van der Waals surface area contributed by atoms with Crippen LogP contribution in [0.2, 0.25) is 0 Å². The van der Waals surface area contributed by atoms with E-state index in [9.17, 15) is 4.79 Å². The molecule has 34 heavy (non-hydrogen) atoms. The molecule has 0 bridgehead atoms. The Kier molecular flexibility index (Phi) is 6.46. The average molecular weight is 468 g/mol. The van der Waals surface area contributed by atoms with Crippen LogP contribution in [0.15, 0.2) is 18.6 Å². The third kappa shape index (κ3) is 5.19. The first kappa shape index (κ1) is 23.1. The molecule has 0 spiro atoms. The first-order valence-electron chi connectivity index (χ1n) is 12.7. The van der Waals surface area contributed by atoms with Crippen molar-refractivity contribution in [3.63, 3.8) is 0 Å². The summed E-state index contributed by atoms with van der Waals surface area (Å²) in [5.74, 6) is 1.77. The number of carbonyl (C=O) groups excluding carboxylic acids is 1. The molecular weight excluding hydrogens is 430 g/mol. The number of amides is 1. The van der Waals surface area contributed by atoms with Crippen LogP contribution in [-0.4, -0.2) is 67.6 Å². The Morgan fingerprint density at radius 1 is 1.15 bits per heavy atom. The van der Waals surface area contributed by atoms with Gasteiger partial charge in [-0.2, -0.15) is 0 Å². The summed E-state index contributed by atoms with van der Waals surface area (Å²) in [5, 5.41) is 12.9. The zero-order valence-electron chi connectivity index (χ0n) is 20.6. The Morgan fingerprint density at radius 3 is 2.65 bits per heavy atom. The highest BCUT2D eigenvalue weighted by molar-refractivity contribution is 5.92. The molecule has 3 aromatic heterocycles. The third-order valence-electron chi connectivity index (χ3n) is 7.39. The van der Waals surface area contributed by atoms with Crippen molar-refractivity contribution in [2.45, 2.75) is 70.8 Å². The van der Waals surface area contributed by atoms with Crippen LogP contribution in [0.25, 0.3) is 16.6 Å². The second-order valence-corrected chi connectivity index (χ2v) is 11.1. The highest BCUT2D eigenvalue weighted by Gasteiger charge is 2.29. The molecule has 0 radical (unpaired) electrons. The van der Waals surface area contributed by atoms with Crippen molar-refractivity contribution in [2.75, 3.05) is 26.2 Å². The minimum absolute atomic E-state index is 0.305. The number of ether oxygens (including phenoxy) is 1. The van der Waals surface area contributed by atoms with Crippen LogP contribution in [0.1, 0.15) is 70.9 Å². The van der Waals surface area contributed by atoms with Crippen LogP contribution in [-0.2, 0) is 4.74 Å². The van der Waals surface area contributed by atoms with Crippen LogP contribution in [0, 0.1) is 11.8 Å². The van der Waals surface area contributed by atoms with Crippen molar-refractivity contribution >= 4 is 22.6 Å². The summed E-state index contributed by atoms with van der Waals surface area (Å²) in [7, 11) is 0. The molecule has 2 N–H and O–H groups in total. The Morgan fingerprint density at radius 2 is 1.91 bits per heavy atom. The number of H-pyrrole nitrogens is 1.